The first-order chi connectivity index (χ1) is 9.36. The van der Waals surface area contributed by atoms with Crippen LogP contribution in [0.15, 0.2) is 23.3 Å². The predicted molar refractivity (Wildman–Crippen MR) is 76.0 cm³/mol. The number of nitrogens with zero attached hydrogens (tertiary/aromatic N) is 2. The van der Waals surface area contributed by atoms with Crippen LogP contribution in [-0.4, -0.2) is 21.9 Å². The Hall–Kier alpha value is -1.24. The molecule has 0 radical (unpaired) electrons. The first-order valence-electron chi connectivity index (χ1n) is 6.37. The lowest BCUT2D eigenvalue weighted by Crippen LogP contribution is -2.24. The van der Waals surface area contributed by atoms with Gasteiger partial charge in [0.25, 0.3) is 0 Å². The molecule has 0 aliphatic carbocycles. The maximum Gasteiger partial charge on any atom is 0.433 e. The van der Waals surface area contributed by atoms with Crippen LogP contribution in [0.4, 0.5) is 18.9 Å². The summed E-state index contributed by atoms with van der Waals surface area (Å²) in [5, 5.41) is 3.77. The van der Waals surface area contributed by atoms with Crippen LogP contribution in [-0.2, 0) is 6.18 Å². The van der Waals surface area contributed by atoms with Crippen LogP contribution < -0.4 is 5.32 Å². The van der Waals surface area contributed by atoms with Crippen molar-refractivity contribution < 1.29 is 13.2 Å². The Morgan fingerprint density at radius 1 is 1.35 bits per heavy atom. The Bertz CT molecular complexity index is 483. The van der Waals surface area contributed by atoms with Crippen molar-refractivity contribution in [3.63, 3.8) is 0 Å². The molecule has 0 spiro atoms. The van der Waals surface area contributed by atoms with Crippen LogP contribution in [0.5, 0.6) is 0 Å². The van der Waals surface area contributed by atoms with E-state index in [4.69, 9.17) is 0 Å². The molecular weight excluding hydrogens is 287 g/mol. The van der Waals surface area contributed by atoms with Crippen molar-refractivity contribution in [2.24, 2.45) is 10.9 Å². The molecule has 1 aliphatic rings. The van der Waals surface area contributed by atoms with Gasteiger partial charge in [0.05, 0.1) is 17.9 Å². The van der Waals surface area contributed by atoms with Gasteiger partial charge in [0.2, 0.25) is 0 Å². The molecule has 2 rings (SSSR count). The summed E-state index contributed by atoms with van der Waals surface area (Å²) >= 11 is 1.58. The molecule has 0 saturated heterocycles. The first-order valence-corrected chi connectivity index (χ1v) is 7.35. The third kappa shape index (κ3) is 3.88. The van der Waals surface area contributed by atoms with E-state index in [1.807, 2.05) is 0 Å². The van der Waals surface area contributed by atoms with Crippen LogP contribution in [0.1, 0.15) is 26.0 Å². The summed E-state index contributed by atoms with van der Waals surface area (Å²) in [5.41, 5.74) is -0.366. The molecule has 1 aliphatic heterocycles. The van der Waals surface area contributed by atoms with Gasteiger partial charge in [0.1, 0.15) is 5.69 Å². The summed E-state index contributed by atoms with van der Waals surface area (Å²) in [4.78, 5) is 7.98. The topological polar surface area (TPSA) is 37.3 Å². The molecule has 1 aromatic rings. The van der Waals surface area contributed by atoms with Gasteiger partial charge in [-0.1, -0.05) is 25.6 Å². The molecule has 0 amide bonds. The maximum atomic E-state index is 12.4. The Kier molecular flexibility index (Phi) is 4.57. The van der Waals surface area contributed by atoms with E-state index in [1.54, 1.807) is 11.8 Å². The second-order valence-corrected chi connectivity index (χ2v) is 6.02. The van der Waals surface area contributed by atoms with Gasteiger partial charge in [-0.3, -0.25) is 4.99 Å². The second kappa shape index (κ2) is 6.03. The Morgan fingerprint density at radius 3 is 2.65 bits per heavy atom. The highest BCUT2D eigenvalue weighted by atomic mass is 32.2. The van der Waals surface area contributed by atoms with Crippen molar-refractivity contribution in [3.8, 4) is 0 Å². The largest absolute Gasteiger partial charge is 0.433 e. The fourth-order valence-corrected chi connectivity index (χ4v) is 2.79. The van der Waals surface area contributed by atoms with Crippen molar-refractivity contribution in [2.75, 3.05) is 11.1 Å². The lowest BCUT2D eigenvalue weighted by molar-refractivity contribution is -0.141. The molecule has 1 aromatic heterocycles. The van der Waals surface area contributed by atoms with Crippen LogP contribution in [0.3, 0.4) is 0 Å². The van der Waals surface area contributed by atoms with Crippen molar-refractivity contribution in [1.29, 1.82) is 0 Å². The third-order valence-corrected chi connectivity index (χ3v) is 3.93. The molecule has 1 N–H and O–H groups in total. The summed E-state index contributed by atoms with van der Waals surface area (Å²) in [6.45, 7) is 4.23. The van der Waals surface area contributed by atoms with E-state index in [0.29, 0.717) is 11.6 Å². The van der Waals surface area contributed by atoms with Gasteiger partial charge in [-0.15, -0.1) is 0 Å². The van der Waals surface area contributed by atoms with Gasteiger partial charge in [0.15, 0.2) is 5.17 Å². The van der Waals surface area contributed by atoms with Crippen molar-refractivity contribution >= 4 is 22.6 Å². The Morgan fingerprint density at radius 2 is 2.10 bits per heavy atom. The highest BCUT2D eigenvalue weighted by Gasteiger charge is 2.32. The summed E-state index contributed by atoms with van der Waals surface area (Å²) < 4.78 is 37.2. The number of aliphatic imine (C=N–C) groups is 1. The van der Waals surface area contributed by atoms with E-state index >= 15 is 0 Å². The third-order valence-electron chi connectivity index (χ3n) is 3.01. The molecule has 0 fully saturated rings. The quantitative estimate of drug-likeness (QED) is 0.896. The van der Waals surface area contributed by atoms with Gasteiger partial charge >= 0.3 is 6.18 Å². The van der Waals surface area contributed by atoms with Gasteiger partial charge in [-0.2, -0.15) is 13.2 Å². The number of amidine groups is 1. The highest BCUT2D eigenvalue weighted by Crippen LogP contribution is 2.28. The summed E-state index contributed by atoms with van der Waals surface area (Å²) in [6, 6.07) is 2.61. The molecule has 110 valence electrons. The van der Waals surface area contributed by atoms with Crippen LogP contribution in [0.2, 0.25) is 0 Å². The van der Waals surface area contributed by atoms with Crippen molar-refractivity contribution in [3.05, 3.63) is 24.0 Å². The minimum atomic E-state index is -4.40. The van der Waals surface area contributed by atoms with Crippen LogP contribution in [0, 0.1) is 5.92 Å². The number of rotatable bonds is 2. The zero-order valence-electron chi connectivity index (χ0n) is 11.2. The summed E-state index contributed by atoms with van der Waals surface area (Å²) in [5.74, 6) is 1.42. The molecule has 0 bridgehead atoms. The molecule has 1 unspecified atom stereocenters. The zero-order valence-corrected chi connectivity index (χ0v) is 12.1. The monoisotopic (exact) mass is 303 g/mol. The molecular formula is C13H16F3N3S. The normalized spacial score (nSPS) is 19.9. The molecule has 7 heteroatoms. The summed E-state index contributed by atoms with van der Waals surface area (Å²) in [7, 11) is 0. The van der Waals surface area contributed by atoms with Crippen molar-refractivity contribution in [2.45, 2.75) is 32.5 Å². The van der Waals surface area contributed by atoms with Crippen molar-refractivity contribution in [1.82, 2.24) is 4.98 Å². The number of pyridine rings is 1. The van der Waals surface area contributed by atoms with E-state index in [1.165, 1.54) is 12.3 Å². The fraction of sp³-hybridized carbons (Fsp3) is 0.538. The molecule has 2 heterocycles. The number of aromatic nitrogens is 1. The standard InChI is InChI=1S/C13H16F3N3S/c1-8(2)10-5-6-20-12(19-10)18-9-3-4-11(17-7-9)13(14,15)16/h3-4,7-8,10H,5-6H2,1-2H3,(H,18,19). The molecule has 20 heavy (non-hydrogen) atoms. The highest BCUT2D eigenvalue weighted by molar-refractivity contribution is 8.14. The molecule has 3 nitrogen and oxygen atoms in total. The van der Waals surface area contributed by atoms with E-state index < -0.39 is 11.9 Å². The maximum absolute atomic E-state index is 12.4. The van der Waals surface area contributed by atoms with Gasteiger partial charge in [-0.25, -0.2) is 4.98 Å². The zero-order chi connectivity index (χ0) is 14.8. The van der Waals surface area contributed by atoms with Crippen LogP contribution in [0.25, 0.3) is 0 Å². The number of anilines is 1. The predicted octanol–water partition coefficient (Wildman–Crippen LogP) is 4.03. The van der Waals surface area contributed by atoms with E-state index in [-0.39, 0.29) is 6.04 Å². The average molecular weight is 303 g/mol. The lowest BCUT2D eigenvalue weighted by Gasteiger charge is -2.23. The van der Waals surface area contributed by atoms with E-state index in [0.717, 1.165) is 23.4 Å². The number of nitrogens with one attached hydrogen (secondary N) is 1. The number of hydrogen-bond acceptors (Lipinski definition) is 4. The van der Waals surface area contributed by atoms with E-state index in [2.05, 4.69) is 29.1 Å². The number of thioether (sulfide) groups is 1. The fourth-order valence-electron chi connectivity index (χ4n) is 1.84. The SMILES string of the molecule is CC(C)C1CCSC(Nc2ccc(C(F)(F)F)nc2)=N1. The lowest BCUT2D eigenvalue weighted by atomic mass is 10.0. The second-order valence-electron chi connectivity index (χ2n) is 4.94. The summed E-state index contributed by atoms with van der Waals surface area (Å²) in [6.07, 6.45) is -2.19. The van der Waals surface area contributed by atoms with Crippen LogP contribution >= 0.6 is 11.8 Å². The average Bonchev–Trinajstić information content (AvgIpc) is 2.38. The minimum absolute atomic E-state index is 0.265. The van der Waals surface area contributed by atoms with E-state index in [9.17, 15) is 13.2 Å². The van der Waals surface area contributed by atoms with Gasteiger partial charge in [-0.05, 0) is 24.5 Å². The molecule has 0 aromatic carbocycles. The smallest absolute Gasteiger partial charge is 0.334 e. The minimum Gasteiger partial charge on any atom is -0.334 e. The Balaban J connectivity index is 2.07. The number of alkyl halides is 3. The first kappa shape index (κ1) is 15.2. The molecule has 1 atom stereocenters. The van der Waals surface area contributed by atoms with Gasteiger partial charge in [0, 0.05) is 5.75 Å². The molecule has 0 saturated carbocycles. The number of hydrogen-bond donors (Lipinski definition) is 1. The van der Waals surface area contributed by atoms with Gasteiger partial charge < -0.3 is 5.32 Å². The Labute approximate surface area is 120 Å². The number of halogens is 3.